The Kier molecular flexibility index (Phi) is 7.51. The molecule has 0 atom stereocenters. The lowest BCUT2D eigenvalue weighted by Crippen LogP contribution is -2.43. The van der Waals surface area contributed by atoms with Crippen LogP contribution < -0.4 is 15.4 Å². The summed E-state index contributed by atoms with van der Waals surface area (Å²) in [5, 5.41) is 5.94. The van der Waals surface area contributed by atoms with E-state index in [9.17, 15) is 9.59 Å². The summed E-state index contributed by atoms with van der Waals surface area (Å²) < 4.78 is 10.6. The fourth-order valence-corrected chi connectivity index (χ4v) is 3.35. The van der Waals surface area contributed by atoms with Crippen LogP contribution in [0.5, 0.6) is 5.75 Å². The number of para-hydroxylation sites is 1. The third-order valence-corrected chi connectivity index (χ3v) is 4.70. The van der Waals surface area contributed by atoms with Crippen molar-refractivity contribution in [3.63, 3.8) is 0 Å². The van der Waals surface area contributed by atoms with Crippen molar-refractivity contribution in [3.8, 4) is 5.75 Å². The molecule has 0 heterocycles. The second-order valence-corrected chi connectivity index (χ2v) is 8.05. The van der Waals surface area contributed by atoms with Gasteiger partial charge in [0.05, 0.1) is 7.11 Å². The Hall–Kier alpha value is -2.24. The molecule has 0 aliphatic heterocycles. The van der Waals surface area contributed by atoms with Crippen molar-refractivity contribution in [2.45, 2.75) is 64.5 Å². The third kappa shape index (κ3) is 7.12. The second kappa shape index (κ2) is 9.62. The van der Waals surface area contributed by atoms with E-state index in [-0.39, 0.29) is 24.0 Å². The third-order valence-electron chi connectivity index (χ3n) is 4.70. The van der Waals surface area contributed by atoms with Gasteiger partial charge < -0.3 is 20.1 Å². The molecule has 0 unspecified atom stereocenters. The summed E-state index contributed by atoms with van der Waals surface area (Å²) in [6.07, 6.45) is 3.51. The lowest BCUT2D eigenvalue weighted by atomic mass is 9.85. The van der Waals surface area contributed by atoms with Crippen molar-refractivity contribution < 1.29 is 19.1 Å². The zero-order valence-electron chi connectivity index (χ0n) is 16.8. The normalized spacial score (nSPS) is 19.9. The van der Waals surface area contributed by atoms with Crippen LogP contribution in [-0.4, -0.2) is 37.3 Å². The van der Waals surface area contributed by atoms with Gasteiger partial charge >= 0.3 is 6.09 Å². The first-order valence-electron chi connectivity index (χ1n) is 9.67. The van der Waals surface area contributed by atoms with Crippen molar-refractivity contribution in [1.29, 1.82) is 0 Å². The standard InChI is InChI=1S/C21H32N2O4/c1-21(2,3)27-20(25)23-17-11-9-16(10-12-17)19(24)22-14-13-15-7-5-6-8-18(15)26-4/h5-8,16-17H,9-14H2,1-4H3,(H,22,24)(H,23,25). The molecule has 1 saturated carbocycles. The van der Waals surface area contributed by atoms with Gasteiger partial charge in [-0.15, -0.1) is 0 Å². The van der Waals surface area contributed by atoms with Gasteiger partial charge in [-0.3, -0.25) is 4.79 Å². The number of benzene rings is 1. The first-order chi connectivity index (χ1) is 12.8. The number of ether oxygens (including phenoxy) is 2. The van der Waals surface area contributed by atoms with Gasteiger partial charge in [-0.1, -0.05) is 18.2 Å². The minimum atomic E-state index is -0.497. The van der Waals surface area contributed by atoms with E-state index >= 15 is 0 Å². The number of rotatable bonds is 6. The molecule has 1 aliphatic carbocycles. The van der Waals surface area contributed by atoms with Crippen molar-refractivity contribution >= 4 is 12.0 Å². The summed E-state index contributed by atoms with van der Waals surface area (Å²) in [5.74, 6) is 0.959. The van der Waals surface area contributed by atoms with Gasteiger partial charge in [-0.25, -0.2) is 4.79 Å². The van der Waals surface area contributed by atoms with Crippen LogP contribution in [0, 0.1) is 5.92 Å². The molecule has 0 spiro atoms. The Morgan fingerprint density at radius 2 is 1.78 bits per heavy atom. The fraction of sp³-hybridized carbons (Fsp3) is 0.619. The molecular formula is C21H32N2O4. The molecule has 1 aliphatic rings. The lowest BCUT2D eigenvalue weighted by molar-refractivity contribution is -0.126. The monoisotopic (exact) mass is 376 g/mol. The van der Waals surface area contributed by atoms with Crippen LogP contribution in [0.25, 0.3) is 0 Å². The molecular weight excluding hydrogens is 344 g/mol. The van der Waals surface area contributed by atoms with E-state index in [0.717, 1.165) is 43.4 Å². The second-order valence-electron chi connectivity index (χ2n) is 8.05. The molecule has 2 N–H and O–H groups in total. The van der Waals surface area contributed by atoms with Gasteiger partial charge in [0.1, 0.15) is 11.4 Å². The molecule has 0 bridgehead atoms. The highest BCUT2D eigenvalue weighted by atomic mass is 16.6. The largest absolute Gasteiger partial charge is 0.496 e. The molecule has 27 heavy (non-hydrogen) atoms. The number of carbonyl (C=O) groups excluding carboxylic acids is 2. The van der Waals surface area contributed by atoms with E-state index < -0.39 is 5.60 Å². The van der Waals surface area contributed by atoms with Crippen LogP contribution in [0.2, 0.25) is 0 Å². The number of hydrogen-bond donors (Lipinski definition) is 2. The van der Waals surface area contributed by atoms with Gasteiger partial charge in [0, 0.05) is 18.5 Å². The Morgan fingerprint density at radius 1 is 1.11 bits per heavy atom. The number of alkyl carbamates (subject to hydrolysis) is 1. The maximum atomic E-state index is 12.4. The minimum absolute atomic E-state index is 0.0133. The van der Waals surface area contributed by atoms with Crippen LogP contribution in [-0.2, 0) is 16.0 Å². The van der Waals surface area contributed by atoms with Crippen LogP contribution in [0.4, 0.5) is 4.79 Å². The zero-order valence-corrected chi connectivity index (χ0v) is 16.8. The molecule has 2 amide bonds. The molecule has 1 aromatic rings. The SMILES string of the molecule is COc1ccccc1CCNC(=O)C1CCC(NC(=O)OC(C)(C)C)CC1. The topological polar surface area (TPSA) is 76.7 Å². The number of carbonyl (C=O) groups is 2. The predicted molar refractivity (Wildman–Crippen MR) is 105 cm³/mol. The van der Waals surface area contributed by atoms with Crippen molar-refractivity contribution in [1.82, 2.24) is 10.6 Å². The molecule has 150 valence electrons. The van der Waals surface area contributed by atoms with Crippen LogP contribution >= 0.6 is 0 Å². The van der Waals surface area contributed by atoms with Crippen molar-refractivity contribution in [2.24, 2.45) is 5.92 Å². The first kappa shape index (κ1) is 21.1. The Morgan fingerprint density at radius 3 is 2.41 bits per heavy atom. The maximum Gasteiger partial charge on any atom is 0.407 e. The summed E-state index contributed by atoms with van der Waals surface area (Å²) in [6, 6.07) is 7.93. The number of amides is 2. The van der Waals surface area contributed by atoms with E-state index in [1.165, 1.54) is 0 Å². The van der Waals surface area contributed by atoms with Crippen LogP contribution in [0.15, 0.2) is 24.3 Å². The average molecular weight is 376 g/mol. The number of nitrogens with one attached hydrogen (secondary N) is 2. The van der Waals surface area contributed by atoms with E-state index in [1.807, 2.05) is 45.0 Å². The van der Waals surface area contributed by atoms with Crippen LogP contribution in [0.1, 0.15) is 52.0 Å². The van der Waals surface area contributed by atoms with E-state index in [4.69, 9.17) is 9.47 Å². The van der Waals surface area contributed by atoms with Gasteiger partial charge in [0.25, 0.3) is 0 Å². The van der Waals surface area contributed by atoms with Crippen LogP contribution in [0.3, 0.4) is 0 Å². The summed E-state index contributed by atoms with van der Waals surface area (Å²) >= 11 is 0. The first-order valence-corrected chi connectivity index (χ1v) is 9.67. The lowest BCUT2D eigenvalue weighted by Gasteiger charge is -2.29. The highest BCUT2D eigenvalue weighted by Gasteiger charge is 2.28. The van der Waals surface area contributed by atoms with Gasteiger partial charge in [0.15, 0.2) is 0 Å². The summed E-state index contributed by atoms with van der Waals surface area (Å²) in [7, 11) is 1.65. The number of hydrogen-bond acceptors (Lipinski definition) is 4. The van der Waals surface area contributed by atoms with Gasteiger partial charge in [-0.2, -0.15) is 0 Å². The smallest absolute Gasteiger partial charge is 0.407 e. The van der Waals surface area contributed by atoms with Gasteiger partial charge in [-0.05, 0) is 64.5 Å². The number of methoxy groups -OCH3 is 1. The van der Waals surface area contributed by atoms with Crippen molar-refractivity contribution in [2.75, 3.05) is 13.7 Å². The Labute approximate surface area is 162 Å². The quantitative estimate of drug-likeness (QED) is 0.797. The highest BCUT2D eigenvalue weighted by Crippen LogP contribution is 2.25. The van der Waals surface area contributed by atoms with E-state index in [0.29, 0.717) is 6.54 Å². The van der Waals surface area contributed by atoms with Crippen molar-refractivity contribution in [3.05, 3.63) is 29.8 Å². The Bertz CT molecular complexity index is 631. The molecule has 6 nitrogen and oxygen atoms in total. The highest BCUT2D eigenvalue weighted by molar-refractivity contribution is 5.78. The predicted octanol–water partition coefficient (Wildman–Crippen LogP) is 3.44. The molecule has 2 rings (SSSR count). The molecule has 1 aromatic carbocycles. The fourth-order valence-electron chi connectivity index (χ4n) is 3.35. The molecule has 1 fully saturated rings. The average Bonchev–Trinajstić information content (AvgIpc) is 2.61. The molecule has 6 heteroatoms. The summed E-state index contributed by atoms with van der Waals surface area (Å²) in [6.45, 7) is 6.13. The Balaban J connectivity index is 1.69. The zero-order chi connectivity index (χ0) is 19.9. The van der Waals surface area contributed by atoms with E-state index in [2.05, 4.69) is 10.6 Å². The van der Waals surface area contributed by atoms with Gasteiger partial charge in [0.2, 0.25) is 5.91 Å². The maximum absolute atomic E-state index is 12.4. The summed E-state index contributed by atoms with van der Waals surface area (Å²) in [5.41, 5.74) is 0.591. The molecule has 0 radical (unpaired) electrons. The minimum Gasteiger partial charge on any atom is -0.496 e. The molecule has 0 saturated heterocycles. The molecule has 0 aromatic heterocycles. The van der Waals surface area contributed by atoms with E-state index in [1.54, 1.807) is 7.11 Å². The summed E-state index contributed by atoms with van der Waals surface area (Å²) in [4.78, 5) is 24.3.